The molecule has 0 bridgehead atoms. The molecule has 1 rings (SSSR count). The number of ketones is 1. The molecule has 0 fully saturated rings. The van der Waals surface area contributed by atoms with E-state index in [4.69, 9.17) is 11.6 Å². The minimum Gasteiger partial charge on any atom is -0.466 e. The Bertz CT molecular complexity index is 379. The van der Waals surface area contributed by atoms with Crippen molar-refractivity contribution in [1.29, 1.82) is 0 Å². The number of esters is 1. The van der Waals surface area contributed by atoms with Crippen molar-refractivity contribution in [3.05, 3.63) is 34.9 Å². The Hall–Kier alpha value is -0.831. The summed E-state index contributed by atoms with van der Waals surface area (Å²) in [4.78, 5) is 22.6. The molecule has 89 valence electrons. The maximum absolute atomic E-state index is 11.6. The number of carbonyl (C=O) groups is 2. The molecule has 1 radical (unpaired) electrons. The van der Waals surface area contributed by atoms with Crippen molar-refractivity contribution in [2.45, 2.75) is 13.3 Å². The van der Waals surface area contributed by atoms with Gasteiger partial charge in [-0.3, -0.25) is 9.59 Å². The number of benzene rings is 1. The van der Waals surface area contributed by atoms with Crippen LogP contribution in [0.4, 0.5) is 0 Å². The van der Waals surface area contributed by atoms with Gasteiger partial charge in [0.15, 0.2) is 5.78 Å². The molecule has 0 N–H and O–H groups in total. The molecule has 1 aromatic rings. The molecule has 0 saturated carbocycles. The van der Waals surface area contributed by atoms with Gasteiger partial charge in [0, 0.05) is 5.56 Å². The van der Waals surface area contributed by atoms with Crippen LogP contribution in [-0.4, -0.2) is 18.4 Å². The third kappa shape index (κ3) is 4.35. The van der Waals surface area contributed by atoms with Gasteiger partial charge in [-0.25, -0.2) is 0 Å². The van der Waals surface area contributed by atoms with Gasteiger partial charge in [-0.1, -0.05) is 23.7 Å². The van der Waals surface area contributed by atoms with Gasteiger partial charge in [0.2, 0.25) is 0 Å². The van der Waals surface area contributed by atoms with Crippen LogP contribution < -0.4 is 0 Å². The molecule has 0 unspecified atom stereocenters. The number of carbonyl (C=O) groups excluding carboxylic acids is 2. The second-order valence-corrected chi connectivity index (χ2v) is 3.29. The molecule has 0 aliphatic rings. The summed E-state index contributed by atoms with van der Waals surface area (Å²) in [6.45, 7) is 1.96. The summed E-state index contributed by atoms with van der Waals surface area (Å²) in [6.07, 6.45) is -0.266. The van der Waals surface area contributed by atoms with E-state index in [1.54, 1.807) is 31.2 Å². The van der Waals surface area contributed by atoms with Crippen LogP contribution in [0.5, 0.6) is 0 Å². The van der Waals surface area contributed by atoms with E-state index in [0.29, 0.717) is 10.6 Å². The predicted molar refractivity (Wildman–Crippen MR) is 57.0 cm³/mol. The van der Waals surface area contributed by atoms with Gasteiger partial charge in [-0.2, -0.15) is 0 Å². The van der Waals surface area contributed by atoms with Crippen molar-refractivity contribution in [2.24, 2.45) is 0 Å². The Morgan fingerprint density at radius 3 is 2.50 bits per heavy atom. The molecule has 5 heteroatoms. The molecule has 16 heavy (non-hydrogen) atoms. The minimum absolute atomic E-state index is 0. The second kappa shape index (κ2) is 7.44. The van der Waals surface area contributed by atoms with E-state index in [2.05, 4.69) is 4.74 Å². The Balaban J connectivity index is 0.00000225. The molecule has 1 aromatic carbocycles. The number of hydrogen-bond donors (Lipinski definition) is 0. The zero-order chi connectivity index (χ0) is 11.3. The minimum atomic E-state index is -0.526. The van der Waals surface area contributed by atoms with Crippen LogP contribution in [0.3, 0.4) is 0 Å². The molecule has 0 amide bonds. The van der Waals surface area contributed by atoms with E-state index in [1.807, 2.05) is 0 Å². The SMILES string of the molecule is CCOC(=O)CC(=O)c1ccccc1Cl.[Cu+2]. The Morgan fingerprint density at radius 2 is 1.94 bits per heavy atom. The third-order valence-electron chi connectivity index (χ3n) is 1.78. The van der Waals surface area contributed by atoms with Crippen LogP contribution >= 0.6 is 11.6 Å². The Labute approximate surface area is 110 Å². The molecular formula is C11H11ClCuO3+2. The number of ether oxygens (including phenoxy) is 1. The quantitative estimate of drug-likeness (QED) is 0.370. The zero-order valence-electron chi connectivity index (χ0n) is 8.63. The zero-order valence-corrected chi connectivity index (χ0v) is 10.3. The molecule has 3 nitrogen and oxygen atoms in total. The van der Waals surface area contributed by atoms with Gasteiger partial charge in [-0.05, 0) is 19.1 Å². The van der Waals surface area contributed by atoms with Gasteiger partial charge in [0.05, 0.1) is 11.6 Å². The van der Waals surface area contributed by atoms with E-state index >= 15 is 0 Å². The van der Waals surface area contributed by atoms with Crippen molar-refractivity contribution in [1.82, 2.24) is 0 Å². The van der Waals surface area contributed by atoms with E-state index < -0.39 is 5.97 Å². The largest absolute Gasteiger partial charge is 2.00 e. The fourth-order valence-electron chi connectivity index (χ4n) is 1.13. The van der Waals surface area contributed by atoms with E-state index in [-0.39, 0.29) is 35.9 Å². The third-order valence-corrected chi connectivity index (χ3v) is 2.11. The summed E-state index contributed by atoms with van der Waals surface area (Å²) < 4.78 is 4.67. The van der Waals surface area contributed by atoms with Gasteiger partial charge < -0.3 is 4.74 Å². The number of Topliss-reactive ketones (excluding diaryl/α,β-unsaturated/α-hetero) is 1. The monoisotopic (exact) mass is 289 g/mol. The summed E-state index contributed by atoms with van der Waals surface area (Å²) in [6, 6.07) is 6.62. The average Bonchev–Trinajstić information content (AvgIpc) is 2.18. The maximum atomic E-state index is 11.6. The van der Waals surface area contributed by atoms with Gasteiger partial charge in [0.25, 0.3) is 0 Å². The van der Waals surface area contributed by atoms with Crippen molar-refractivity contribution in [3.8, 4) is 0 Å². The standard InChI is InChI=1S/C11H11ClO3.Cu/c1-2-15-11(14)7-10(13)8-5-3-4-6-9(8)12;/h3-6H,2,7H2,1H3;/q;+2. The first kappa shape index (κ1) is 15.2. The molecular weight excluding hydrogens is 279 g/mol. The van der Waals surface area contributed by atoms with Crippen LogP contribution in [0.1, 0.15) is 23.7 Å². The normalized spacial score (nSPS) is 9.12. The van der Waals surface area contributed by atoms with Crippen LogP contribution in [0, 0.1) is 0 Å². The van der Waals surface area contributed by atoms with Crippen LogP contribution in [0.15, 0.2) is 24.3 Å². The smallest absolute Gasteiger partial charge is 0.466 e. The van der Waals surface area contributed by atoms with Gasteiger partial charge in [0.1, 0.15) is 6.42 Å². The van der Waals surface area contributed by atoms with Crippen molar-refractivity contribution in [2.75, 3.05) is 6.61 Å². The Morgan fingerprint density at radius 1 is 1.31 bits per heavy atom. The first-order chi connectivity index (χ1) is 7.15. The maximum Gasteiger partial charge on any atom is 2.00 e. The van der Waals surface area contributed by atoms with Crippen molar-refractivity contribution >= 4 is 23.4 Å². The van der Waals surface area contributed by atoms with Crippen molar-refractivity contribution < 1.29 is 31.4 Å². The molecule has 0 heterocycles. The number of halogens is 1. The van der Waals surface area contributed by atoms with Gasteiger partial charge in [-0.15, -0.1) is 0 Å². The van der Waals surface area contributed by atoms with Crippen LogP contribution in [0.2, 0.25) is 5.02 Å². The topological polar surface area (TPSA) is 43.4 Å². The van der Waals surface area contributed by atoms with Crippen LogP contribution in [-0.2, 0) is 26.6 Å². The molecule has 0 aliphatic carbocycles. The summed E-state index contributed by atoms with van der Waals surface area (Å²) in [5, 5.41) is 0.354. The molecule has 0 aliphatic heterocycles. The predicted octanol–water partition coefficient (Wildman–Crippen LogP) is 2.47. The summed E-state index contributed by atoms with van der Waals surface area (Å²) in [5.41, 5.74) is 0.354. The van der Waals surface area contributed by atoms with Crippen LogP contribution in [0.25, 0.3) is 0 Å². The number of hydrogen-bond acceptors (Lipinski definition) is 3. The van der Waals surface area contributed by atoms with E-state index in [9.17, 15) is 9.59 Å². The summed E-state index contributed by atoms with van der Waals surface area (Å²) >= 11 is 5.81. The molecule has 0 spiro atoms. The second-order valence-electron chi connectivity index (χ2n) is 2.88. The molecule has 0 aromatic heterocycles. The molecule has 0 atom stereocenters. The first-order valence-electron chi connectivity index (χ1n) is 4.58. The number of rotatable bonds is 4. The fraction of sp³-hybridized carbons (Fsp3) is 0.273. The van der Waals surface area contributed by atoms with E-state index in [0.717, 1.165) is 0 Å². The van der Waals surface area contributed by atoms with E-state index in [1.165, 1.54) is 0 Å². The fourth-order valence-corrected chi connectivity index (χ4v) is 1.37. The average molecular weight is 290 g/mol. The summed E-state index contributed by atoms with van der Waals surface area (Å²) in [7, 11) is 0. The molecule has 0 saturated heterocycles. The Kier molecular flexibility index (Phi) is 7.06. The summed E-state index contributed by atoms with van der Waals surface area (Å²) in [5.74, 6) is -0.846. The first-order valence-corrected chi connectivity index (χ1v) is 4.96. The van der Waals surface area contributed by atoms with Gasteiger partial charge >= 0.3 is 23.0 Å². The van der Waals surface area contributed by atoms with Crippen molar-refractivity contribution in [3.63, 3.8) is 0 Å².